The molecule has 1 aliphatic heterocycles. The van der Waals surface area contributed by atoms with Gasteiger partial charge in [0, 0.05) is 25.0 Å². The highest BCUT2D eigenvalue weighted by atomic mass is 32.1. The fraction of sp³-hybridized carbons (Fsp3) is 0.538. The third kappa shape index (κ3) is 3.57. The smallest absolute Gasteiger partial charge is 0.323 e. The van der Waals surface area contributed by atoms with Crippen LogP contribution < -0.4 is 5.32 Å². The highest BCUT2D eigenvalue weighted by molar-refractivity contribution is 7.13. The van der Waals surface area contributed by atoms with Gasteiger partial charge >= 0.3 is 6.03 Å². The van der Waals surface area contributed by atoms with Crippen LogP contribution in [0.1, 0.15) is 18.5 Å². The first-order valence-electron chi connectivity index (χ1n) is 7.01. The van der Waals surface area contributed by atoms with Crippen LogP contribution in [0, 0.1) is 12.8 Å². The molecule has 0 saturated carbocycles. The van der Waals surface area contributed by atoms with Crippen molar-refractivity contribution >= 4 is 22.5 Å². The molecule has 0 radical (unpaired) electrons. The number of urea groups is 1. The van der Waals surface area contributed by atoms with Crippen LogP contribution in [0.5, 0.6) is 0 Å². The number of nitrogens with zero attached hydrogens (tertiary/aromatic N) is 5. The summed E-state index contributed by atoms with van der Waals surface area (Å²) in [4.78, 5) is 22.3. The fourth-order valence-corrected chi connectivity index (χ4v) is 3.25. The Bertz CT molecular complexity index is 596. The number of aryl methyl sites for hydroxylation is 1. The van der Waals surface area contributed by atoms with Gasteiger partial charge in [0.25, 0.3) is 0 Å². The van der Waals surface area contributed by atoms with Crippen LogP contribution in [0.2, 0.25) is 0 Å². The summed E-state index contributed by atoms with van der Waals surface area (Å²) in [6, 6.07) is -0.0624. The Balaban J connectivity index is 1.56. The highest BCUT2D eigenvalue weighted by Gasteiger charge is 2.24. The van der Waals surface area contributed by atoms with Gasteiger partial charge in [-0.2, -0.15) is 5.10 Å². The minimum absolute atomic E-state index is 0.0624. The van der Waals surface area contributed by atoms with Crippen LogP contribution in [0.25, 0.3) is 0 Å². The van der Waals surface area contributed by atoms with Crippen LogP contribution in [-0.4, -0.2) is 43.8 Å². The summed E-state index contributed by atoms with van der Waals surface area (Å²) in [5, 5.41) is 9.59. The van der Waals surface area contributed by atoms with Crippen LogP contribution in [0.15, 0.2) is 18.0 Å². The van der Waals surface area contributed by atoms with E-state index in [1.165, 1.54) is 17.7 Å². The van der Waals surface area contributed by atoms with E-state index in [0.717, 1.165) is 38.2 Å². The maximum absolute atomic E-state index is 12.3. The quantitative estimate of drug-likeness (QED) is 0.941. The van der Waals surface area contributed by atoms with Crippen LogP contribution >= 0.6 is 11.3 Å². The number of likely N-dealkylation sites (tertiary alicyclic amines) is 1. The van der Waals surface area contributed by atoms with E-state index in [-0.39, 0.29) is 6.03 Å². The Hall–Kier alpha value is -1.96. The molecule has 3 rings (SSSR count). The molecule has 112 valence electrons. The van der Waals surface area contributed by atoms with Crippen LogP contribution in [0.3, 0.4) is 0 Å². The number of anilines is 1. The van der Waals surface area contributed by atoms with Crippen LogP contribution in [0.4, 0.5) is 9.93 Å². The van der Waals surface area contributed by atoms with Crippen molar-refractivity contribution in [3.63, 3.8) is 0 Å². The van der Waals surface area contributed by atoms with Gasteiger partial charge in [0.05, 0.1) is 5.69 Å². The van der Waals surface area contributed by atoms with Gasteiger partial charge in [-0.1, -0.05) is 0 Å². The van der Waals surface area contributed by atoms with Crippen molar-refractivity contribution in [1.82, 2.24) is 24.6 Å². The molecule has 0 aliphatic carbocycles. The molecule has 2 amide bonds. The average Bonchev–Trinajstić information content (AvgIpc) is 3.11. The number of thiazole rings is 1. The van der Waals surface area contributed by atoms with E-state index in [0.29, 0.717) is 11.0 Å². The van der Waals surface area contributed by atoms with Gasteiger partial charge in [-0.25, -0.2) is 14.8 Å². The minimum Gasteiger partial charge on any atom is -0.324 e. The summed E-state index contributed by atoms with van der Waals surface area (Å²) >= 11 is 1.45. The van der Waals surface area contributed by atoms with Gasteiger partial charge in [-0.05, 0) is 25.7 Å². The molecule has 0 spiro atoms. The van der Waals surface area contributed by atoms with Crippen molar-refractivity contribution in [2.75, 3.05) is 18.4 Å². The van der Waals surface area contributed by atoms with Gasteiger partial charge in [-0.3, -0.25) is 10.00 Å². The zero-order chi connectivity index (χ0) is 14.7. The molecule has 2 aromatic heterocycles. The number of hydrogen-bond acceptors (Lipinski definition) is 5. The maximum Gasteiger partial charge on any atom is 0.323 e. The molecule has 3 heterocycles. The fourth-order valence-electron chi connectivity index (χ4n) is 2.57. The van der Waals surface area contributed by atoms with Gasteiger partial charge in [-0.15, -0.1) is 11.3 Å². The van der Waals surface area contributed by atoms with E-state index in [4.69, 9.17) is 0 Å². The molecule has 1 N–H and O–H groups in total. The summed E-state index contributed by atoms with van der Waals surface area (Å²) < 4.78 is 1.83. The Morgan fingerprint density at radius 3 is 3.19 bits per heavy atom. The predicted molar refractivity (Wildman–Crippen MR) is 80.2 cm³/mol. The lowest BCUT2D eigenvalue weighted by molar-refractivity contribution is 0.168. The van der Waals surface area contributed by atoms with Crippen molar-refractivity contribution in [2.24, 2.45) is 5.92 Å². The van der Waals surface area contributed by atoms with Crippen LogP contribution in [-0.2, 0) is 6.54 Å². The zero-order valence-electron chi connectivity index (χ0n) is 11.9. The van der Waals surface area contributed by atoms with E-state index in [9.17, 15) is 4.79 Å². The summed E-state index contributed by atoms with van der Waals surface area (Å²) in [5.41, 5.74) is 0.929. The molecular formula is C13H18N6OS. The summed E-state index contributed by atoms with van der Waals surface area (Å²) in [6.45, 7) is 4.27. The van der Waals surface area contributed by atoms with Gasteiger partial charge in [0.1, 0.15) is 12.7 Å². The van der Waals surface area contributed by atoms with E-state index < -0.39 is 0 Å². The lowest BCUT2D eigenvalue weighted by Crippen LogP contribution is -2.43. The van der Waals surface area contributed by atoms with E-state index in [1.807, 2.05) is 21.9 Å². The number of hydrogen-bond donors (Lipinski definition) is 1. The van der Waals surface area contributed by atoms with Gasteiger partial charge < -0.3 is 4.90 Å². The first-order valence-corrected chi connectivity index (χ1v) is 7.89. The van der Waals surface area contributed by atoms with E-state index >= 15 is 0 Å². The van der Waals surface area contributed by atoms with Gasteiger partial charge in [0.15, 0.2) is 5.13 Å². The van der Waals surface area contributed by atoms with Crippen molar-refractivity contribution in [2.45, 2.75) is 26.3 Å². The van der Waals surface area contributed by atoms with E-state index in [1.54, 1.807) is 6.33 Å². The third-order valence-corrected chi connectivity index (χ3v) is 4.43. The Morgan fingerprint density at radius 2 is 2.48 bits per heavy atom. The molecule has 8 heteroatoms. The van der Waals surface area contributed by atoms with Crippen molar-refractivity contribution in [1.29, 1.82) is 0 Å². The molecule has 2 aromatic rings. The molecule has 1 fully saturated rings. The lowest BCUT2D eigenvalue weighted by atomic mass is 9.98. The second-order valence-electron chi connectivity index (χ2n) is 5.30. The van der Waals surface area contributed by atoms with E-state index in [2.05, 4.69) is 20.4 Å². The monoisotopic (exact) mass is 306 g/mol. The molecule has 1 saturated heterocycles. The second-order valence-corrected chi connectivity index (χ2v) is 6.15. The Morgan fingerprint density at radius 1 is 1.57 bits per heavy atom. The molecule has 0 aromatic carbocycles. The number of piperidine rings is 1. The summed E-state index contributed by atoms with van der Waals surface area (Å²) in [6.07, 6.45) is 5.39. The number of nitrogens with one attached hydrogen (secondary N) is 1. The molecule has 0 bridgehead atoms. The first-order chi connectivity index (χ1) is 10.2. The number of amides is 2. The largest absolute Gasteiger partial charge is 0.324 e. The molecule has 7 nitrogen and oxygen atoms in total. The number of carbonyl (C=O) groups is 1. The molecule has 21 heavy (non-hydrogen) atoms. The average molecular weight is 306 g/mol. The summed E-state index contributed by atoms with van der Waals surface area (Å²) in [7, 11) is 0. The molecular weight excluding hydrogens is 288 g/mol. The number of carbonyl (C=O) groups excluding carboxylic acids is 1. The van der Waals surface area contributed by atoms with Crippen molar-refractivity contribution in [3.8, 4) is 0 Å². The SMILES string of the molecule is Cc1csc(NC(=O)N2CCC[C@H](Cn3cncn3)C2)n1. The van der Waals surface area contributed by atoms with Crippen molar-refractivity contribution < 1.29 is 4.79 Å². The topological polar surface area (TPSA) is 75.9 Å². The Labute approximate surface area is 127 Å². The maximum atomic E-state index is 12.3. The lowest BCUT2D eigenvalue weighted by Gasteiger charge is -2.32. The first kappa shape index (κ1) is 14.0. The predicted octanol–water partition coefficient (Wildman–Crippen LogP) is 1.99. The van der Waals surface area contributed by atoms with Crippen molar-refractivity contribution in [3.05, 3.63) is 23.7 Å². The summed E-state index contributed by atoms with van der Waals surface area (Å²) in [5.74, 6) is 0.421. The Kier molecular flexibility index (Phi) is 4.14. The standard InChI is InChI=1S/C13H18N6OS/c1-10-7-21-12(16-10)17-13(20)18-4-2-3-11(5-18)6-19-9-14-8-15-19/h7-9,11H,2-6H2,1H3,(H,16,17,20)/t11-/m0/s1. The minimum atomic E-state index is -0.0624. The zero-order valence-corrected chi connectivity index (χ0v) is 12.7. The number of rotatable bonds is 3. The number of aromatic nitrogens is 4. The molecule has 1 aliphatic rings. The molecule has 0 unspecified atom stereocenters. The normalized spacial score (nSPS) is 18.7. The molecule has 1 atom stereocenters. The highest BCUT2D eigenvalue weighted by Crippen LogP contribution is 2.20. The van der Waals surface area contributed by atoms with Gasteiger partial charge in [0.2, 0.25) is 0 Å². The third-order valence-electron chi connectivity index (χ3n) is 3.55. The second kappa shape index (κ2) is 6.21.